The van der Waals surface area contributed by atoms with Gasteiger partial charge in [-0.2, -0.15) is 0 Å². The summed E-state index contributed by atoms with van der Waals surface area (Å²) < 4.78 is 20.2. The first-order chi connectivity index (χ1) is 11.2. The van der Waals surface area contributed by atoms with E-state index in [9.17, 15) is 9.59 Å². The average molecular weight is 330 g/mol. The van der Waals surface area contributed by atoms with E-state index >= 15 is 0 Å². The summed E-state index contributed by atoms with van der Waals surface area (Å²) in [7, 11) is 1.68. The van der Waals surface area contributed by atoms with Crippen LogP contribution in [0.3, 0.4) is 0 Å². The summed E-state index contributed by atoms with van der Waals surface area (Å²) in [5, 5.41) is 0. The van der Waals surface area contributed by atoms with Crippen molar-refractivity contribution in [2.75, 3.05) is 40.1 Å². The van der Waals surface area contributed by atoms with E-state index < -0.39 is 5.97 Å². The van der Waals surface area contributed by atoms with Crippen LogP contribution in [-0.4, -0.2) is 52.1 Å². The molecule has 0 aliphatic heterocycles. The third-order valence-electron chi connectivity index (χ3n) is 3.06. The van der Waals surface area contributed by atoms with Gasteiger partial charge in [0.2, 0.25) is 0 Å². The molecule has 0 saturated heterocycles. The van der Waals surface area contributed by atoms with E-state index in [1.165, 1.54) is 0 Å². The molecule has 0 amide bonds. The minimum Gasteiger partial charge on any atom is -0.463 e. The lowest BCUT2D eigenvalue weighted by molar-refractivity contribution is -0.145. The fraction of sp³-hybridized carbons (Fsp3) is 0.765. The Bertz CT molecular complexity index is 316. The van der Waals surface area contributed by atoms with Gasteiger partial charge in [0.1, 0.15) is 6.61 Å². The van der Waals surface area contributed by atoms with Crippen LogP contribution in [0.15, 0.2) is 12.7 Å². The Morgan fingerprint density at radius 1 is 0.826 bits per heavy atom. The molecule has 6 nitrogen and oxygen atoms in total. The molecule has 0 rings (SSSR count). The normalized spacial score (nSPS) is 10.3. The third kappa shape index (κ3) is 16.8. The second-order valence-electron chi connectivity index (χ2n) is 5.07. The SMILES string of the molecule is C=CC(=O)OCCCCCCC(=O)OCCOCCCCOC. The number of carbonyl (C=O) groups is 2. The first-order valence-electron chi connectivity index (χ1n) is 8.22. The first kappa shape index (κ1) is 21.6. The maximum atomic E-state index is 11.5. The minimum absolute atomic E-state index is 0.189. The number of carbonyl (C=O) groups excluding carboxylic acids is 2. The van der Waals surface area contributed by atoms with Gasteiger partial charge in [-0.05, 0) is 25.7 Å². The molecular weight excluding hydrogens is 300 g/mol. The molecule has 0 aliphatic rings. The first-order valence-corrected chi connectivity index (χ1v) is 8.22. The van der Waals surface area contributed by atoms with Crippen LogP contribution in [0.5, 0.6) is 0 Å². The Labute approximate surface area is 139 Å². The lowest BCUT2D eigenvalue weighted by Gasteiger charge is -2.06. The number of methoxy groups -OCH3 is 1. The van der Waals surface area contributed by atoms with Gasteiger partial charge >= 0.3 is 11.9 Å². The van der Waals surface area contributed by atoms with Gasteiger partial charge in [-0.3, -0.25) is 4.79 Å². The number of hydrogen-bond acceptors (Lipinski definition) is 6. The largest absolute Gasteiger partial charge is 0.463 e. The molecule has 0 unspecified atom stereocenters. The Hall–Kier alpha value is -1.40. The second kappa shape index (κ2) is 17.0. The van der Waals surface area contributed by atoms with Crippen molar-refractivity contribution in [1.29, 1.82) is 0 Å². The predicted octanol–water partition coefficient (Wildman–Crippen LogP) is 2.65. The highest BCUT2D eigenvalue weighted by Gasteiger charge is 2.02. The van der Waals surface area contributed by atoms with Crippen molar-refractivity contribution < 1.29 is 28.5 Å². The van der Waals surface area contributed by atoms with Gasteiger partial charge in [-0.15, -0.1) is 0 Å². The highest BCUT2D eigenvalue weighted by Crippen LogP contribution is 2.04. The van der Waals surface area contributed by atoms with Crippen molar-refractivity contribution >= 4 is 11.9 Å². The zero-order chi connectivity index (χ0) is 17.2. The Morgan fingerprint density at radius 2 is 1.52 bits per heavy atom. The second-order valence-corrected chi connectivity index (χ2v) is 5.07. The van der Waals surface area contributed by atoms with Crippen molar-refractivity contribution in [2.45, 2.75) is 44.9 Å². The van der Waals surface area contributed by atoms with Gasteiger partial charge in [-0.25, -0.2) is 4.79 Å². The van der Waals surface area contributed by atoms with E-state index in [-0.39, 0.29) is 5.97 Å². The van der Waals surface area contributed by atoms with Gasteiger partial charge in [0, 0.05) is 32.8 Å². The van der Waals surface area contributed by atoms with Gasteiger partial charge in [-0.1, -0.05) is 19.4 Å². The van der Waals surface area contributed by atoms with Crippen molar-refractivity contribution in [3.8, 4) is 0 Å². The summed E-state index contributed by atoms with van der Waals surface area (Å²) >= 11 is 0. The standard InChI is InChI=1S/C17H30O6/c1-3-16(18)22-13-7-5-4-6-10-17(19)23-15-14-21-12-9-8-11-20-2/h3H,1,4-15H2,2H3. The lowest BCUT2D eigenvalue weighted by Crippen LogP contribution is -2.11. The molecule has 0 saturated carbocycles. The molecule has 0 aromatic heterocycles. The fourth-order valence-corrected chi connectivity index (χ4v) is 1.80. The monoisotopic (exact) mass is 330 g/mol. The van der Waals surface area contributed by atoms with Crippen molar-refractivity contribution in [3.05, 3.63) is 12.7 Å². The van der Waals surface area contributed by atoms with Crippen LogP contribution >= 0.6 is 0 Å². The summed E-state index contributed by atoms with van der Waals surface area (Å²) in [4.78, 5) is 22.2. The van der Waals surface area contributed by atoms with E-state index in [0.29, 0.717) is 32.8 Å². The zero-order valence-corrected chi connectivity index (χ0v) is 14.2. The van der Waals surface area contributed by atoms with Crippen LogP contribution in [0, 0.1) is 0 Å². The van der Waals surface area contributed by atoms with E-state index in [2.05, 4.69) is 6.58 Å². The summed E-state index contributed by atoms with van der Waals surface area (Å²) in [6.07, 6.45) is 6.91. The molecule has 6 heteroatoms. The van der Waals surface area contributed by atoms with Gasteiger partial charge in [0.25, 0.3) is 0 Å². The molecule has 0 atom stereocenters. The molecule has 0 aliphatic carbocycles. The van der Waals surface area contributed by atoms with Crippen LogP contribution in [0.4, 0.5) is 0 Å². The third-order valence-corrected chi connectivity index (χ3v) is 3.06. The molecule has 0 spiro atoms. The van der Waals surface area contributed by atoms with Gasteiger partial charge in [0.15, 0.2) is 0 Å². The Morgan fingerprint density at radius 3 is 2.26 bits per heavy atom. The predicted molar refractivity (Wildman–Crippen MR) is 87.1 cm³/mol. The highest BCUT2D eigenvalue weighted by molar-refractivity contribution is 5.81. The summed E-state index contributed by atoms with van der Waals surface area (Å²) in [6.45, 7) is 5.87. The van der Waals surface area contributed by atoms with E-state index in [4.69, 9.17) is 18.9 Å². The Balaban J connectivity index is 3.22. The summed E-state index contributed by atoms with van der Waals surface area (Å²) in [5.74, 6) is -0.583. The van der Waals surface area contributed by atoms with E-state index in [0.717, 1.165) is 51.2 Å². The molecule has 0 fully saturated rings. The van der Waals surface area contributed by atoms with E-state index in [1.807, 2.05) is 0 Å². The topological polar surface area (TPSA) is 71.1 Å². The average Bonchev–Trinajstić information content (AvgIpc) is 2.56. The van der Waals surface area contributed by atoms with Crippen LogP contribution in [0.2, 0.25) is 0 Å². The van der Waals surface area contributed by atoms with Crippen molar-refractivity contribution in [1.82, 2.24) is 0 Å². The molecule has 0 N–H and O–H groups in total. The lowest BCUT2D eigenvalue weighted by atomic mass is 10.1. The fourth-order valence-electron chi connectivity index (χ4n) is 1.80. The molecule has 0 bridgehead atoms. The Kier molecular flexibility index (Phi) is 15.9. The van der Waals surface area contributed by atoms with Crippen molar-refractivity contribution in [3.63, 3.8) is 0 Å². The number of hydrogen-bond donors (Lipinski definition) is 0. The van der Waals surface area contributed by atoms with Gasteiger partial charge in [0.05, 0.1) is 13.2 Å². The van der Waals surface area contributed by atoms with Crippen LogP contribution in [0.1, 0.15) is 44.9 Å². The summed E-state index contributed by atoms with van der Waals surface area (Å²) in [6, 6.07) is 0. The number of esters is 2. The maximum Gasteiger partial charge on any atom is 0.330 e. The number of unbranched alkanes of at least 4 members (excludes halogenated alkanes) is 4. The summed E-state index contributed by atoms with van der Waals surface area (Å²) in [5.41, 5.74) is 0. The van der Waals surface area contributed by atoms with E-state index in [1.54, 1.807) is 7.11 Å². The minimum atomic E-state index is -0.394. The smallest absolute Gasteiger partial charge is 0.330 e. The van der Waals surface area contributed by atoms with Crippen LogP contribution in [0.25, 0.3) is 0 Å². The molecular formula is C17H30O6. The molecule has 0 aromatic carbocycles. The van der Waals surface area contributed by atoms with Crippen LogP contribution < -0.4 is 0 Å². The molecule has 134 valence electrons. The molecule has 0 heterocycles. The number of ether oxygens (including phenoxy) is 4. The maximum absolute atomic E-state index is 11.5. The van der Waals surface area contributed by atoms with Crippen molar-refractivity contribution in [2.24, 2.45) is 0 Å². The number of rotatable bonds is 16. The van der Waals surface area contributed by atoms with Crippen LogP contribution in [-0.2, 0) is 28.5 Å². The molecule has 23 heavy (non-hydrogen) atoms. The molecule has 0 radical (unpaired) electrons. The quantitative estimate of drug-likeness (QED) is 0.246. The molecule has 0 aromatic rings. The highest BCUT2D eigenvalue weighted by atomic mass is 16.6. The zero-order valence-electron chi connectivity index (χ0n) is 14.2. The van der Waals surface area contributed by atoms with Gasteiger partial charge < -0.3 is 18.9 Å².